The Hall–Kier alpha value is -3.00. The number of methoxy groups -OCH3 is 2. The van der Waals surface area contributed by atoms with Gasteiger partial charge in [0.05, 0.1) is 44.4 Å². The van der Waals surface area contributed by atoms with E-state index in [-0.39, 0.29) is 35.7 Å². The molecule has 2 aliphatic heterocycles. The monoisotopic (exact) mass is 523 g/mol. The summed E-state index contributed by atoms with van der Waals surface area (Å²) < 4.78 is 41.9. The van der Waals surface area contributed by atoms with Crippen LogP contribution in [0.25, 0.3) is 0 Å². The van der Waals surface area contributed by atoms with Crippen molar-refractivity contribution in [3.8, 4) is 0 Å². The van der Waals surface area contributed by atoms with Crippen LogP contribution in [0.2, 0.25) is 0 Å². The van der Waals surface area contributed by atoms with Crippen molar-refractivity contribution in [3.05, 3.63) is 45.8 Å². The molecule has 3 heterocycles. The fraction of sp³-hybridized carbons (Fsp3) is 0.409. The highest BCUT2D eigenvalue weighted by atomic mass is 32.2. The number of morpholine rings is 1. The average Bonchev–Trinajstić information content (AvgIpc) is 3.25. The second-order valence-electron chi connectivity index (χ2n) is 7.84. The van der Waals surface area contributed by atoms with Crippen LogP contribution in [0.1, 0.15) is 31.2 Å². The van der Waals surface area contributed by atoms with Crippen molar-refractivity contribution in [2.24, 2.45) is 0 Å². The van der Waals surface area contributed by atoms with E-state index in [0.717, 1.165) is 10.4 Å². The Morgan fingerprint density at radius 2 is 1.71 bits per heavy atom. The van der Waals surface area contributed by atoms with Gasteiger partial charge >= 0.3 is 12.1 Å². The fourth-order valence-electron chi connectivity index (χ4n) is 3.98. The molecule has 1 saturated heterocycles. The van der Waals surface area contributed by atoms with E-state index in [1.807, 2.05) is 0 Å². The van der Waals surface area contributed by atoms with Gasteiger partial charge in [0.25, 0.3) is 5.91 Å². The zero-order valence-electron chi connectivity index (χ0n) is 19.2. The quantitative estimate of drug-likeness (QED) is 0.588. The van der Waals surface area contributed by atoms with Crippen LogP contribution in [0.3, 0.4) is 0 Å². The molecule has 188 valence electrons. The molecule has 0 aliphatic carbocycles. The molecular weight excluding hydrogens is 498 g/mol. The van der Waals surface area contributed by atoms with Crippen LogP contribution in [-0.2, 0) is 37.2 Å². The highest BCUT2D eigenvalue weighted by Crippen LogP contribution is 2.38. The highest BCUT2D eigenvalue weighted by molar-refractivity contribution is 7.89. The number of rotatable bonds is 5. The van der Waals surface area contributed by atoms with E-state index in [9.17, 15) is 22.8 Å². The predicted octanol–water partition coefficient (Wildman–Crippen LogP) is 1.93. The van der Waals surface area contributed by atoms with Crippen molar-refractivity contribution in [3.63, 3.8) is 0 Å². The lowest BCUT2D eigenvalue weighted by Gasteiger charge is -2.26. The standard InChI is InChI=1S/C22H25N3O8S2/c1-31-21(27)18-16-7-8-24(22(28)32-2)13-17(16)34-20(18)23-19(26)14-3-5-15(6-4-14)35(29,30)25-9-11-33-12-10-25/h3-6H,7-13H2,1-2H3,(H,23,26). The summed E-state index contributed by atoms with van der Waals surface area (Å²) in [6, 6.07) is 5.61. The second kappa shape index (κ2) is 10.3. The Kier molecular flexibility index (Phi) is 7.40. The average molecular weight is 524 g/mol. The van der Waals surface area contributed by atoms with Gasteiger partial charge in [0.15, 0.2) is 0 Å². The van der Waals surface area contributed by atoms with E-state index in [1.54, 1.807) is 0 Å². The Morgan fingerprint density at radius 1 is 1.03 bits per heavy atom. The van der Waals surface area contributed by atoms with Crippen LogP contribution in [0.15, 0.2) is 29.2 Å². The molecule has 35 heavy (non-hydrogen) atoms. The second-order valence-corrected chi connectivity index (χ2v) is 10.9. The van der Waals surface area contributed by atoms with Gasteiger partial charge in [-0.3, -0.25) is 4.79 Å². The largest absolute Gasteiger partial charge is 0.465 e. The number of carbonyl (C=O) groups is 3. The molecule has 0 atom stereocenters. The molecule has 2 amide bonds. The molecule has 2 aliphatic rings. The van der Waals surface area contributed by atoms with E-state index in [1.165, 1.54) is 59.0 Å². The van der Waals surface area contributed by atoms with Crippen molar-refractivity contribution in [2.45, 2.75) is 17.9 Å². The third-order valence-electron chi connectivity index (χ3n) is 5.83. The van der Waals surface area contributed by atoms with Crippen molar-refractivity contribution in [2.75, 3.05) is 52.4 Å². The first kappa shape index (κ1) is 25.1. The van der Waals surface area contributed by atoms with Crippen LogP contribution >= 0.6 is 11.3 Å². The summed E-state index contributed by atoms with van der Waals surface area (Å²) in [6.45, 7) is 1.84. The van der Waals surface area contributed by atoms with Crippen molar-refractivity contribution in [1.82, 2.24) is 9.21 Å². The zero-order valence-corrected chi connectivity index (χ0v) is 20.9. The van der Waals surface area contributed by atoms with Gasteiger partial charge in [-0.2, -0.15) is 4.31 Å². The summed E-state index contributed by atoms with van der Waals surface area (Å²) in [7, 11) is -1.12. The van der Waals surface area contributed by atoms with E-state index in [0.29, 0.717) is 31.2 Å². The molecule has 0 spiro atoms. The van der Waals surface area contributed by atoms with Gasteiger partial charge in [-0.05, 0) is 36.2 Å². The Bertz CT molecular complexity index is 1230. The maximum Gasteiger partial charge on any atom is 0.409 e. The van der Waals surface area contributed by atoms with Crippen molar-refractivity contribution >= 4 is 44.3 Å². The molecule has 0 radical (unpaired) electrons. The molecule has 1 fully saturated rings. The predicted molar refractivity (Wildman–Crippen MR) is 126 cm³/mol. The number of benzene rings is 1. The molecule has 2 aromatic rings. The Morgan fingerprint density at radius 3 is 2.34 bits per heavy atom. The van der Waals surface area contributed by atoms with Crippen LogP contribution in [0.5, 0.6) is 0 Å². The van der Waals surface area contributed by atoms with Gasteiger partial charge < -0.3 is 24.4 Å². The minimum Gasteiger partial charge on any atom is -0.465 e. The summed E-state index contributed by atoms with van der Waals surface area (Å²) >= 11 is 1.19. The molecule has 0 saturated carbocycles. The van der Waals surface area contributed by atoms with Crippen molar-refractivity contribution in [1.29, 1.82) is 0 Å². The minimum atomic E-state index is -3.68. The number of anilines is 1. The van der Waals surface area contributed by atoms with Gasteiger partial charge in [-0.15, -0.1) is 11.3 Å². The highest BCUT2D eigenvalue weighted by Gasteiger charge is 2.31. The first-order valence-electron chi connectivity index (χ1n) is 10.8. The topological polar surface area (TPSA) is 132 Å². The van der Waals surface area contributed by atoms with Crippen molar-refractivity contribution < 1.29 is 37.0 Å². The number of sulfonamides is 1. The van der Waals surface area contributed by atoms with E-state index < -0.39 is 28.0 Å². The lowest BCUT2D eigenvalue weighted by Crippen LogP contribution is -2.40. The lowest BCUT2D eigenvalue weighted by molar-refractivity contribution is 0.0600. The number of amides is 2. The van der Waals surface area contributed by atoms with Gasteiger partial charge in [0, 0.05) is 30.1 Å². The Balaban J connectivity index is 1.55. The van der Waals surface area contributed by atoms with Gasteiger partial charge in [0.2, 0.25) is 10.0 Å². The smallest absolute Gasteiger partial charge is 0.409 e. The molecular formula is C22H25N3O8S2. The van der Waals surface area contributed by atoms with E-state index in [4.69, 9.17) is 14.2 Å². The first-order chi connectivity index (χ1) is 16.8. The van der Waals surface area contributed by atoms with Crippen LogP contribution in [0.4, 0.5) is 9.80 Å². The molecule has 4 rings (SSSR count). The molecule has 0 unspecified atom stereocenters. The van der Waals surface area contributed by atoms with Crippen LogP contribution in [-0.4, -0.2) is 82.7 Å². The van der Waals surface area contributed by atoms with E-state index >= 15 is 0 Å². The zero-order chi connectivity index (χ0) is 25.2. The molecule has 1 N–H and O–H groups in total. The summed E-state index contributed by atoms with van der Waals surface area (Å²) in [5, 5.41) is 3.06. The number of ether oxygens (including phenoxy) is 3. The lowest BCUT2D eigenvalue weighted by atomic mass is 10.0. The van der Waals surface area contributed by atoms with E-state index in [2.05, 4.69) is 5.32 Å². The number of hydrogen-bond acceptors (Lipinski definition) is 9. The normalized spacial score (nSPS) is 16.3. The number of esters is 1. The molecule has 0 bridgehead atoms. The maximum atomic E-state index is 13.0. The van der Waals surface area contributed by atoms with Crippen LogP contribution in [0, 0.1) is 0 Å². The Labute approximate surface area is 206 Å². The number of fused-ring (bicyclic) bond motifs is 1. The number of carbonyl (C=O) groups excluding carboxylic acids is 3. The summed E-state index contributed by atoms with van der Waals surface area (Å²) in [5.41, 5.74) is 1.21. The fourth-order valence-corrected chi connectivity index (χ4v) is 6.64. The molecule has 13 heteroatoms. The summed E-state index contributed by atoms with van der Waals surface area (Å²) in [5.74, 6) is -1.09. The third-order valence-corrected chi connectivity index (χ3v) is 8.88. The molecule has 1 aromatic carbocycles. The maximum absolute atomic E-state index is 13.0. The first-order valence-corrected chi connectivity index (χ1v) is 13.1. The number of nitrogens with one attached hydrogen (secondary N) is 1. The minimum absolute atomic E-state index is 0.0840. The van der Waals surface area contributed by atoms with Crippen LogP contribution < -0.4 is 5.32 Å². The molecule has 11 nitrogen and oxygen atoms in total. The number of hydrogen-bond donors (Lipinski definition) is 1. The van der Waals surface area contributed by atoms with Gasteiger partial charge in [-0.1, -0.05) is 0 Å². The SMILES string of the molecule is COC(=O)c1c(NC(=O)c2ccc(S(=O)(=O)N3CCOCC3)cc2)sc2c1CCN(C(=O)OC)C2. The third kappa shape index (κ3) is 5.03. The summed E-state index contributed by atoms with van der Waals surface area (Å²) in [4.78, 5) is 39.7. The van der Waals surface area contributed by atoms with Gasteiger partial charge in [0.1, 0.15) is 5.00 Å². The summed E-state index contributed by atoms with van der Waals surface area (Å²) in [6.07, 6.45) is -0.0589. The van der Waals surface area contributed by atoms with Gasteiger partial charge in [-0.25, -0.2) is 18.0 Å². The number of thiophene rings is 1. The molecule has 1 aromatic heterocycles. The number of nitrogens with zero attached hydrogens (tertiary/aromatic N) is 2.